The second-order valence-electron chi connectivity index (χ2n) is 5.69. The molecule has 0 aliphatic carbocycles. The molecule has 0 aliphatic heterocycles. The van der Waals surface area contributed by atoms with E-state index in [-0.39, 0.29) is 12.5 Å². The summed E-state index contributed by atoms with van der Waals surface area (Å²) in [5.74, 6) is 0.680. The molecule has 3 aromatic rings. The molecule has 7 heteroatoms. The second-order valence-corrected chi connectivity index (χ2v) is 6.60. The van der Waals surface area contributed by atoms with Crippen LogP contribution in [-0.4, -0.2) is 22.8 Å². The van der Waals surface area contributed by atoms with Gasteiger partial charge in [0.1, 0.15) is 5.75 Å². The molecule has 0 N–H and O–H groups in total. The Labute approximate surface area is 159 Å². The minimum atomic E-state index is -0.664. The van der Waals surface area contributed by atoms with Crippen LogP contribution in [0, 0.1) is 6.92 Å². The van der Waals surface area contributed by atoms with E-state index in [0.717, 1.165) is 15.6 Å². The van der Waals surface area contributed by atoms with Crippen LogP contribution in [0.1, 0.15) is 24.5 Å². The zero-order chi connectivity index (χ0) is 18.5. The first-order valence-electron chi connectivity index (χ1n) is 7.99. The molecular weight excluding hydrogens is 400 g/mol. The number of halogens is 1. The molecule has 1 aromatic heterocycles. The van der Waals surface area contributed by atoms with Gasteiger partial charge >= 0.3 is 5.97 Å². The number of carbonyl (C=O) groups excluding carboxylic acids is 1. The average Bonchev–Trinajstić information content (AvgIpc) is 3.12. The van der Waals surface area contributed by atoms with Crippen molar-refractivity contribution in [2.75, 3.05) is 6.61 Å². The Morgan fingerprint density at radius 2 is 1.81 bits per heavy atom. The molecular formula is C19H17BrN2O4. The van der Waals surface area contributed by atoms with Crippen LogP contribution in [0.3, 0.4) is 0 Å². The van der Waals surface area contributed by atoms with Crippen molar-refractivity contribution in [1.82, 2.24) is 10.2 Å². The lowest BCUT2D eigenvalue weighted by atomic mass is 10.1. The van der Waals surface area contributed by atoms with E-state index in [1.807, 2.05) is 43.3 Å². The van der Waals surface area contributed by atoms with Gasteiger partial charge in [-0.1, -0.05) is 33.6 Å². The lowest BCUT2D eigenvalue weighted by molar-refractivity contribution is -0.152. The summed E-state index contributed by atoms with van der Waals surface area (Å²) < 4.78 is 17.2. The number of aromatic nitrogens is 2. The van der Waals surface area contributed by atoms with Gasteiger partial charge in [-0.3, -0.25) is 0 Å². The molecule has 26 heavy (non-hydrogen) atoms. The Morgan fingerprint density at radius 1 is 1.12 bits per heavy atom. The van der Waals surface area contributed by atoms with Crippen LogP contribution in [-0.2, 0) is 9.53 Å². The summed E-state index contributed by atoms with van der Waals surface area (Å²) in [7, 11) is 0. The van der Waals surface area contributed by atoms with Crippen molar-refractivity contribution in [3.63, 3.8) is 0 Å². The number of rotatable bonds is 6. The number of carbonyl (C=O) groups is 1. The lowest BCUT2D eigenvalue weighted by Gasteiger charge is -2.10. The Hall–Kier alpha value is -2.67. The van der Waals surface area contributed by atoms with Crippen LogP contribution in [0.4, 0.5) is 0 Å². The normalized spacial score (nSPS) is 11.8. The topological polar surface area (TPSA) is 74.5 Å². The van der Waals surface area contributed by atoms with Gasteiger partial charge in [0.05, 0.1) is 0 Å². The summed E-state index contributed by atoms with van der Waals surface area (Å²) in [4.78, 5) is 11.9. The van der Waals surface area contributed by atoms with E-state index in [1.165, 1.54) is 0 Å². The lowest BCUT2D eigenvalue weighted by Crippen LogP contribution is -2.17. The fourth-order valence-electron chi connectivity index (χ4n) is 2.17. The van der Waals surface area contributed by atoms with E-state index in [9.17, 15) is 4.79 Å². The summed E-state index contributed by atoms with van der Waals surface area (Å²) in [5, 5.41) is 7.96. The summed E-state index contributed by atoms with van der Waals surface area (Å²) in [6.45, 7) is 3.47. The number of esters is 1. The van der Waals surface area contributed by atoms with Crippen LogP contribution in [0.15, 0.2) is 57.4 Å². The molecule has 1 atom stereocenters. The van der Waals surface area contributed by atoms with Crippen LogP contribution in [0.2, 0.25) is 0 Å². The molecule has 2 aromatic carbocycles. The van der Waals surface area contributed by atoms with E-state index in [2.05, 4.69) is 26.1 Å². The van der Waals surface area contributed by atoms with Gasteiger partial charge in [-0.15, -0.1) is 10.2 Å². The van der Waals surface area contributed by atoms with Crippen molar-refractivity contribution in [1.29, 1.82) is 0 Å². The molecule has 3 rings (SSSR count). The van der Waals surface area contributed by atoms with Gasteiger partial charge in [-0.2, -0.15) is 0 Å². The molecule has 0 aliphatic rings. The molecule has 134 valence electrons. The number of hydrogen-bond donors (Lipinski definition) is 0. The summed E-state index contributed by atoms with van der Waals surface area (Å²) in [5.41, 5.74) is 1.95. The van der Waals surface area contributed by atoms with Gasteiger partial charge in [-0.25, -0.2) is 4.79 Å². The van der Waals surface area contributed by atoms with Crippen molar-refractivity contribution < 1.29 is 18.7 Å². The van der Waals surface area contributed by atoms with Gasteiger partial charge in [-0.05, 0) is 50.2 Å². The first-order valence-corrected chi connectivity index (χ1v) is 8.79. The molecule has 0 bridgehead atoms. The Bertz CT molecular complexity index is 875. The fraction of sp³-hybridized carbons (Fsp3) is 0.211. The summed E-state index contributed by atoms with van der Waals surface area (Å²) in [6, 6.07) is 14.9. The third-order valence-electron chi connectivity index (χ3n) is 3.57. The zero-order valence-corrected chi connectivity index (χ0v) is 15.9. The predicted molar refractivity (Wildman–Crippen MR) is 98.6 cm³/mol. The number of nitrogens with zero attached hydrogens (tertiary/aromatic N) is 2. The molecule has 0 fully saturated rings. The average molecular weight is 417 g/mol. The molecule has 1 heterocycles. The maximum Gasteiger partial charge on any atom is 0.344 e. The summed E-state index contributed by atoms with van der Waals surface area (Å²) >= 11 is 3.34. The minimum absolute atomic E-state index is 0.203. The van der Waals surface area contributed by atoms with Gasteiger partial charge in [0.25, 0.3) is 5.89 Å². The molecule has 0 saturated heterocycles. The predicted octanol–water partition coefficient (Wildman–Crippen LogP) is 4.49. The largest absolute Gasteiger partial charge is 0.482 e. The maximum absolute atomic E-state index is 11.9. The number of ether oxygens (including phenoxy) is 2. The van der Waals surface area contributed by atoms with Crippen molar-refractivity contribution in [2.45, 2.75) is 20.0 Å². The molecule has 1 unspecified atom stereocenters. The standard InChI is InChI=1S/C19H17BrN2O4/c1-12-3-5-14(6-4-12)19-22-21-18(26-19)13(2)25-17(23)11-24-16-9-7-15(20)8-10-16/h3-10,13H,11H2,1-2H3. The Kier molecular flexibility index (Phi) is 5.68. The van der Waals surface area contributed by atoms with E-state index in [1.54, 1.807) is 19.1 Å². The maximum atomic E-state index is 11.9. The van der Waals surface area contributed by atoms with Crippen molar-refractivity contribution in [3.8, 4) is 17.2 Å². The van der Waals surface area contributed by atoms with Crippen LogP contribution in [0.5, 0.6) is 5.75 Å². The highest BCUT2D eigenvalue weighted by Gasteiger charge is 2.19. The fourth-order valence-corrected chi connectivity index (χ4v) is 2.43. The Morgan fingerprint density at radius 3 is 2.50 bits per heavy atom. The molecule has 0 saturated carbocycles. The van der Waals surface area contributed by atoms with Gasteiger partial charge in [0, 0.05) is 10.0 Å². The highest BCUT2D eigenvalue weighted by atomic mass is 79.9. The van der Waals surface area contributed by atoms with Crippen molar-refractivity contribution >= 4 is 21.9 Å². The number of hydrogen-bond acceptors (Lipinski definition) is 6. The second kappa shape index (κ2) is 8.14. The SMILES string of the molecule is Cc1ccc(-c2nnc(C(C)OC(=O)COc3ccc(Br)cc3)o2)cc1. The van der Waals surface area contributed by atoms with Crippen LogP contribution < -0.4 is 4.74 Å². The zero-order valence-electron chi connectivity index (χ0n) is 14.3. The van der Waals surface area contributed by atoms with Gasteiger partial charge in [0.2, 0.25) is 5.89 Å². The molecule has 0 radical (unpaired) electrons. The number of benzene rings is 2. The van der Waals surface area contributed by atoms with E-state index < -0.39 is 12.1 Å². The monoisotopic (exact) mass is 416 g/mol. The highest BCUT2D eigenvalue weighted by molar-refractivity contribution is 9.10. The Balaban J connectivity index is 1.55. The van der Waals surface area contributed by atoms with E-state index in [0.29, 0.717) is 11.6 Å². The highest BCUT2D eigenvalue weighted by Crippen LogP contribution is 2.23. The minimum Gasteiger partial charge on any atom is -0.482 e. The number of aryl methyl sites for hydroxylation is 1. The third-order valence-corrected chi connectivity index (χ3v) is 4.09. The summed E-state index contributed by atoms with van der Waals surface area (Å²) in [6.07, 6.45) is -0.664. The van der Waals surface area contributed by atoms with E-state index >= 15 is 0 Å². The quantitative estimate of drug-likeness (QED) is 0.551. The smallest absolute Gasteiger partial charge is 0.344 e. The van der Waals surface area contributed by atoms with Crippen LogP contribution in [0.25, 0.3) is 11.5 Å². The van der Waals surface area contributed by atoms with Crippen LogP contribution >= 0.6 is 15.9 Å². The van der Waals surface area contributed by atoms with Gasteiger partial charge in [0.15, 0.2) is 12.7 Å². The van der Waals surface area contributed by atoms with Crippen molar-refractivity contribution in [3.05, 3.63) is 64.5 Å². The molecule has 6 nitrogen and oxygen atoms in total. The third kappa shape index (κ3) is 4.70. The molecule has 0 amide bonds. The van der Waals surface area contributed by atoms with E-state index in [4.69, 9.17) is 13.9 Å². The molecule has 0 spiro atoms. The van der Waals surface area contributed by atoms with Gasteiger partial charge < -0.3 is 13.9 Å². The van der Waals surface area contributed by atoms with Crippen molar-refractivity contribution in [2.24, 2.45) is 0 Å². The first-order chi connectivity index (χ1) is 12.5. The first kappa shape index (κ1) is 18.1.